The smallest absolute Gasteiger partial charge is 0.194 e. The Labute approximate surface area is 52.1 Å². The summed E-state index contributed by atoms with van der Waals surface area (Å²) in [6.45, 7) is 0.0300. The predicted octanol–water partition coefficient (Wildman–Crippen LogP) is -0.449. The Balaban J connectivity index is 2.77. The molecule has 0 aliphatic rings. The fourth-order valence-electron chi connectivity index (χ4n) is 0.521. The van der Waals surface area contributed by atoms with Gasteiger partial charge in [-0.05, 0) is 6.07 Å². The van der Waals surface area contributed by atoms with E-state index in [0.29, 0.717) is 5.69 Å². The van der Waals surface area contributed by atoms with Crippen molar-refractivity contribution in [2.45, 2.75) is 0 Å². The van der Waals surface area contributed by atoms with E-state index >= 15 is 0 Å². The molecule has 0 bridgehead atoms. The third-order valence-corrected chi connectivity index (χ3v) is 0.987. The van der Waals surface area contributed by atoms with E-state index in [1.54, 1.807) is 6.07 Å². The van der Waals surface area contributed by atoms with Gasteiger partial charge in [-0.3, -0.25) is 9.89 Å². The fourth-order valence-corrected chi connectivity index (χ4v) is 0.521. The quantitative estimate of drug-likeness (QED) is 0.526. The summed E-state index contributed by atoms with van der Waals surface area (Å²) >= 11 is 0. The van der Waals surface area contributed by atoms with Gasteiger partial charge in [0.1, 0.15) is 5.69 Å². The van der Waals surface area contributed by atoms with Crippen molar-refractivity contribution in [2.75, 3.05) is 6.54 Å². The SMILES string of the molecule is NCC(=O)c1ccn[nH]1. The second-order valence-electron chi connectivity index (χ2n) is 1.60. The summed E-state index contributed by atoms with van der Waals surface area (Å²) in [6.07, 6.45) is 1.52. The maximum absolute atomic E-state index is 10.7. The van der Waals surface area contributed by atoms with Crippen LogP contribution in [0, 0.1) is 0 Å². The Kier molecular flexibility index (Phi) is 1.60. The number of H-pyrrole nitrogens is 1. The van der Waals surface area contributed by atoms with E-state index in [1.807, 2.05) is 0 Å². The summed E-state index contributed by atoms with van der Waals surface area (Å²) in [7, 11) is 0. The van der Waals surface area contributed by atoms with E-state index in [1.165, 1.54) is 6.20 Å². The molecule has 0 spiro atoms. The van der Waals surface area contributed by atoms with Gasteiger partial charge in [0.2, 0.25) is 0 Å². The van der Waals surface area contributed by atoms with Crippen LogP contribution in [0.2, 0.25) is 0 Å². The molecule has 0 saturated carbocycles. The van der Waals surface area contributed by atoms with Gasteiger partial charge in [0.05, 0.1) is 6.54 Å². The molecule has 9 heavy (non-hydrogen) atoms. The molecule has 1 heterocycles. The molecule has 1 rings (SSSR count). The molecule has 4 nitrogen and oxygen atoms in total. The molecule has 0 atom stereocenters. The highest BCUT2D eigenvalue weighted by molar-refractivity contribution is 5.95. The standard InChI is InChI=1S/C5H7N3O/c6-3-5(9)4-1-2-7-8-4/h1-2H,3,6H2,(H,7,8). The molecule has 0 aliphatic heterocycles. The van der Waals surface area contributed by atoms with Crippen LogP contribution in [0.5, 0.6) is 0 Å². The summed E-state index contributed by atoms with van der Waals surface area (Å²) in [6, 6.07) is 1.59. The van der Waals surface area contributed by atoms with Crippen LogP contribution in [0.1, 0.15) is 10.5 Å². The molecule has 48 valence electrons. The number of nitrogens with two attached hydrogens (primary N) is 1. The number of carbonyl (C=O) groups is 1. The van der Waals surface area contributed by atoms with E-state index in [2.05, 4.69) is 10.2 Å². The van der Waals surface area contributed by atoms with Gasteiger partial charge in [0.15, 0.2) is 5.78 Å². The Morgan fingerprint density at radius 2 is 2.67 bits per heavy atom. The second kappa shape index (κ2) is 2.41. The van der Waals surface area contributed by atoms with Crippen LogP contribution in [0.15, 0.2) is 12.3 Å². The lowest BCUT2D eigenvalue weighted by Crippen LogP contribution is -2.13. The number of ketones is 1. The highest BCUT2D eigenvalue weighted by Crippen LogP contribution is 1.90. The van der Waals surface area contributed by atoms with Crippen LogP contribution in [0.4, 0.5) is 0 Å². The molecule has 3 N–H and O–H groups in total. The first-order chi connectivity index (χ1) is 4.34. The normalized spacial score (nSPS) is 9.44. The lowest BCUT2D eigenvalue weighted by atomic mass is 10.3. The van der Waals surface area contributed by atoms with Crippen molar-refractivity contribution in [1.29, 1.82) is 0 Å². The summed E-state index contributed by atoms with van der Waals surface area (Å²) in [5.74, 6) is -0.118. The number of aromatic amines is 1. The highest BCUT2D eigenvalue weighted by Gasteiger charge is 2.01. The molecule has 0 radical (unpaired) electrons. The van der Waals surface area contributed by atoms with E-state index in [-0.39, 0.29) is 12.3 Å². The molecule has 0 aliphatic carbocycles. The Morgan fingerprint density at radius 3 is 3.11 bits per heavy atom. The minimum Gasteiger partial charge on any atom is -0.324 e. The number of hydrogen-bond donors (Lipinski definition) is 2. The van der Waals surface area contributed by atoms with Crippen LogP contribution in [0.3, 0.4) is 0 Å². The van der Waals surface area contributed by atoms with Crippen molar-refractivity contribution in [3.63, 3.8) is 0 Å². The van der Waals surface area contributed by atoms with Gasteiger partial charge in [-0.15, -0.1) is 0 Å². The minimum atomic E-state index is -0.118. The Hall–Kier alpha value is -1.16. The molecule has 0 unspecified atom stereocenters. The lowest BCUT2D eigenvalue weighted by molar-refractivity contribution is 0.0996. The lowest BCUT2D eigenvalue weighted by Gasteiger charge is -1.87. The Morgan fingerprint density at radius 1 is 1.89 bits per heavy atom. The predicted molar refractivity (Wildman–Crippen MR) is 32.0 cm³/mol. The number of nitrogens with one attached hydrogen (secondary N) is 1. The van der Waals surface area contributed by atoms with Crippen LogP contribution >= 0.6 is 0 Å². The summed E-state index contributed by atoms with van der Waals surface area (Å²) in [4.78, 5) is 10.7. The maximum Gasteiger partial charge on any atom is 0.194 e. The molecule has 1 aromatic heterocycles. The Bertz CT molecular complexity index is 192. The molecule has 0 saturated heterocycles. The van der Waals surface area contributed by atoms with Crippen LogP contribution in [0.25, 0.3) is 0 Å². The summed E-state index contributed by atoms with van der Waals surface area (Å²) in [5.41, 5.74) is 5.54. The number of Topliss-reactive ketones (excluding diaryl/α,β-unsaturated/α-hetero) is 1. The van der Waals surface area contributed by atoms with Crippen molar-refractivity contribution in [3.05, 3.63) is 18.0 Å². The summed E-state index contributed by atoms with van der Waals surface area (Å²) in [5, 5.41) is 6.10. The minimum absolute atomic E-state index is 0.0300. The number of rotatable bonds is 2. The van der Waals surface area contributed by atoms with Crippen LogP contribution in [-0.4, -0.2) is 22.5 Å². The molecule has 0 aromatic carbocycles. The van der Waals surface area contributed by atoms with Crippen molar-refractivity contribution < 1.29 is 4.79 Å². The molecule has 1 aromatic rings. The average Bonchev–Trinajstić information content (AvgIpc) is 2.37. The number of hydrogen-bond acceptors (Lipinski definition) is 3. The molecular weight excluding hydrogens is 118 g/mol. The van der Waals surface area contributed by atoms with Gasteiger partial charge in [-0.2, -0.15) is 5.10 Å². The van der Waals surface area contributed by atoms with Crippen molar-refractivity contribution in [2.24, 2.45) is 5.73 Å². The molecular formula is C5H7N3O. The van der Waals surface area contributed by atoms with Crippen molar-refractivity contribution in [3.8, 4) is 0 Å². The van der Waals surface area contributed by atoms with Gasteiger partial charge in [-0.25, -0.2) is 0 Å². The van der Waals surface area contributed by atoms with E-state index in [9.17, 15) is 4.79 Å². The zero-order valence-corrected chi connectivity index (χ0v) is 4.79. The van der Waals surface area contributed by atoms with Gasteiger partial charge in [0, 0.05) is 6.20 Å². The van der Waals surface area contributed by atoms with Crippen LogP contribution in [-0.2, 0) is 0 Å². The third-order valence-electron chi connectivity index (χ3n) is 0.987. The monoisotopic (exact) mass is 125 g/mol. The van der Waals surface area contributed by atoms with E-state index in [0.717, 1.165) is 0 Å². The topological polar surface area (TPSA) is 71.8 Å². The molecule has 0 amide bonds. The molecule has 4 heteroatoms. The number of carbonyl (C=O) groups excluding carboxylic acids is 1. The third kappa shape index (κ3) is 1.14. The second-order valence-corrected chi connectivity index (χ2v) is 1.60. The van der Waals surface area contributed by atoms with Crippen molar-refractivity contribution in [1.82, 2.24) is 10.2 Å². The number of nitrogens with zero attached hydrogens (tertiary/aromatic N) is 1. The van der Waals surface area contributed by atoms with Gasteiger partial charge < -0.3 is 5.73 Å². The average molecular weight is 125 g/mol. The summed E-state index contributed by atoms with van der Waals surface area (Å²) < 4.78 is 0. The number of aromatic nitrogens is 2. The van der Waals surface area contributed by atoms with Crippen molar-refractivity contribution >= 4 is 5.78 Å². The maximum atomic E-state index is 10.7. The highest BCUT2D eigenvalue weighted by atomic mass is 16.1. The fraction of sp³-hybridized carbons (Fsp3) is 0.200. The van der Waals surface area contributed by atoms with Crippen LogP contribution < -0.4 is 5.73 Å². The largest absolute Gasteiger partial charge is 0.324 e. The van der Waals surface area contributed by atoms with Gasteiger partial charge in [0.25, 0.3) is 0 Å². The van der Waals surface area contributed by atoms with E-state index < -0.39 is 0 Å². The zero-order chi connectivity index (χ0) is 6.69. The zero-order valence-electron chi connectivity index (χ0n) is 4.79. The molecule has 0 fully saturated rings. The van der Waals surface area contributed by atoms with E-state index in [4.69, 9.17) is 5.73 Å². The first-order valence-corrected chi connectivity index (χ1v) is 2.57. The van der Waals surface area contributed by atoms with Gasteiger partial charge in [-0.1, -0.05) is 0 Å². The van der Waals surface area contributed by atoms with Gasteiger partial charge >= 0.3 is 0 Å². The first kappa shape index (κ1) is 5.97. The first-order valence-electron chi connectivity index (χ1n) is 2.57.